The van der Waals surface area contributed by atoms with Crippen molar-refractivity contribution in [1.82, 2.24) is 10.1 Å². The number of phenols is 1. The zero-order chi connectivity index (χ0) is 14.3. The Kier molecular flexibility index (Phi) is 3.22. The number of hydrogen-bond donors (Lipinski definition) is 2. The van der Waals surface area contributed by atoms with Gasteiger partial charge in [-0.1, -0.05) is 11.6 Å². The lowest BCUT2D eigenvalue weighted by molar-refractivity contribution is 0.345. The highest BCUT2D eigenvalue weighted by Gasteiger charge is 2.30. The van der Waals surface area contributed by atoms with Crippen molar-refractivity contribution in [3.63, 3.8) is 0 Å². The second-order valence-corrected chi connectivity index (χ2v) is 5.62. The summed E-state index contributed by atoms with van der Waals surface area (Å²) in [4.78, 5) is 4.49. The quantitative estimate of drug-likeness (QED) is 0.878. The van der Waals surface area contributed by atoms with E-state index in [4.69, 9.17) is 10.3 Å². The van der Waals surface area contributed by atoms with Gasteiger partial charge in [-0.2, -0.15) is 4.98 Å². The molecular weight excluding hydrogens is 254 g/mol. The Bertz CT molecular complexity index is 613. The van der Waals surface area contributed by atoms with E-state index >= 15 is 0 Å². The fourth-order valence-corrected chi connectivity index (χ4v) is 2.88. The maximum atomic E-state index is 9.81. The topological polar surface area (TPSA) is 85.2 Å². The number of rotatable bonds is 2. The molecule has 5 heteroatoms. The largest absolute Gasteiger partial charge is 0.507 e. The maximum Gasteiger partial charge on any atom is 0.231 e. The van der Waals surface area contributed by atoms with Crippen molar-refractivity contribution < 1.29 is 9.63 Å². The highest BCUT2D eigenvalue weighted by atomic mass is 16.5. The molecule has 1 heterocycles. The molecule has 1 aliphatic rings. The van der Waals surface area contributed by atoms with Crippen molar-refractivity contribution in [1.29, 1.82) is 0 Å². The normalized spacial score (nSPS) is 22.4. The number of aromatic hydroxyl groups is 1. The van der Waals surface area contributed by atoms with Crippen molar-refractivity contribution in [2.45, 2.75) is 45.1 Å². The Morgan fingerprint density at radius 2 is 1.95 bits per heavy atom. The van der Waals surface area contributed by atoms with Crippen LogP contribution in [0, 0.1) is 13.8 Å². The van der Waals surface area contributed by atoms with Crippen molar-refractivity contribution in [3.8, 4) is 17.1 Å². The zero-order valence-electron chi connectivity index (χ0n) is 11.8. The lowest BCUT2D eigenvalue weighted by Gasteiger charge is -2.09. The molecule has 3 rings (SSSR count). The van der Waals surface area contributed by atoms with E-state index in [-0.39, 0.29) is 12.0 Å². The lowest BCUT2D eigenvalue weighted by Crippen LogP contribution is -2.22. The van der Waals surface area contributed by atoms with Gasteiger partial charge in [0.15, 0.2) is 0 Å². The minimum Gasteiger partial charge on any atom is -0.507 e. The van der Waals surface area contributed by atoms with Crippen LogP contribution in [0.15, 0.2) is 16.7 Å². The Morgan fingerprint density at radius 3 is 2.55 bits per heavy atom. The molecule has 20 heavy (non-hydrogen) atoms. The predicted molar refractivity (Wildman–Crippen MR) is 75.4 cm³/mol. The van der Waals surface area contributed by atoms with Crippen molar-refractivity contribution in [3.05, 3.63) is 29.2 Å². The molecule has 1 aromatic heterocycles. The van der Waals surface area contributed by atoms with Crippen LogP contribution in [-0.2, 0) is 0 Å². The first-order chi connectivity index (χ1) is 9.56. The maximum absolute atomic E-state index is 9.81. The van der Waals surface area contributed by atoms with E-state index in [1.54, 1.807) is 0 Å². The molecule has 5 nitrogen and oxygen atoms in total. The molecule has 1 aliphatic carbocycles. The highest BCUT2D eigenvalue weighted by molar-refractivity contribution is 5.60. The number of aromatic nitrogens is 2. The number of nitrogens with two attached hydrogens (primary N) is 1. The van der Waals surface area contributed by atoms with Gasteiger partial charge >= 0.3 is 0 Å². The zero-order valence-corrected chi connectivity index (χ0v) is 11.8. The average Bonchev–Trinajstić information content (AvgIpc) is 3.03. The summed E-state index contributed by atoms with van der Waals surface area (Å²) >= 11 is 0. The van der Waals surface area contributed by atoms with E-state index in [1.165, 1.54) is 0 Å². The lowest BCUT2D eigenvalue weighted by atomic mass is 10.0. The van der Waals surface area contributed by atoms with E-state index in [1.807, 2.05) is 26.0 Å². The molecule has 0 saturated heterocycles. The van der Waals surface area contributed by atoms with Crippen LogP contribution in [-0.4, -0.2) is 21.3 Å². The molecule has 1 aromatic carbocycles. The van der Waals surface area contributed by atoms with Gasteiger partial charge in [-0.25, -0.2) is 0 Å². The van der Waals surface area contributed by atoms with E-state index in [0.717, 1.165) is 36.0 Å². The molecule has 0 amide bonds. The Morgan fingerprint density at radius 1 is 1.25 bits per heavy atom. The molecule has 106 valence electrons. The third kappa shape index (κ3) is 2.18. The molecule has 0 spiro atoms. The minimum absolute atomic E-state index is 0.117. The van der Waals surface area contributed by atoms with Gasteiger partial charge in [0.25, 0.3) is 0 Å². The summed E-state index contributed by atoms with van der Waals surface area (Å²) in [5, 5.41) is 13.9. The molecule has 2 atom stereocenters. The highest BCUT2D eigenvalue weighted by Crippen LogP contribution is 2.34. The standard InChI is InChI=1S/C15H19N3O2/c1-8-6-10(7-9(2)13(8)19)14-17-15(20-18-14)11-4-3-5-12(11)16/h6-7,11-12,19H,3-5,16H2,1-2H3. The summed E-state index contributed by atoms with van der Waals surface area (Å²) in [5.74, 6) is 1.68. The molecular formula is C15H19N3O2. The second kappa shape index (κ2) is 4.90. The summed E-state index contributed by atoms with van der Waals surface area (Å²) < 4.78 is 5.38. The molecule has 1 saturated carbocycles. The first kappa shape index (κ1) is 13.1. The molecule has 1 fully saturated rings. The molecule has 0 radical (unpaired) electrons. The SMILES string of the molecule is Cc1cc(-c2noc(C3CCCC3N)n2)cc(C)c1O. The summed E-state index contributed by atoms with van der Waals surface area (Å²) in [6.07, 6.45) is 3.14. The predicted octanol–water partition coefficient (Wildman–Crippen LogP) is 2.65. The fraction of sp³-hybridized carbons (Fsp3) is 0.467. The van der Waals surface area contributed by atoms with Crippen LogP contribution in [0.25, 0.3) is 11.4 Å². The van der Waals surface area contributed by atoms with Crippen LogP contribution < -0.4 is 5.73 Å². The molecule has 2 aromatic rings. The Hall–Kier alpha value is -1.88. The monoisotopic (exact) mass is 273 g/mol. The van der Waals surface area contributed by atoms with E-state index in [2.05, 4.69) is 10.1 Å². The van der Waals surface area contributed by atoms with Crippen LogP contribution in [0.1, 0.15) is 42.2 Å². The van der Waals surface area contributed by atoms with Gasteiger partial charge in [0, 0.05) is 11.6 Å². The fourth-order valence-electron chi connectivity index (χ4n) is 2.88. The van der Waals surface area contributed by atoms with Gasteiger partial charge < -0.3 is 15.4 Å². The Labute approximate surface area is 117 Å². The second-order valence-electron chi connectivity index (χ2n) is 5.62. The third-order valence-corrected chi connectivity index (χ3v) is 4.08. The van der Waals surface area contributed by atoms with E-state index in [9.17, 15) is 5.11 Å². The van der Waals surface area contributed by atoms with Crippen LogP contribution in [0.4, 0.5) is 0 Å². The first-order valence-electron chi connectivity index (χ1n) is 6.96. The average molecular weight is 273 g/mol. The Balaban J connectivity index is 1.94. The van der Waals surface area contributed by atoms with Gasteiger partial charge in [0.05, 0.1) is 5.92 Å². The van der Waals surface area contributed by atoms with Gasteiger partial charge in [0.2, 0.25) is 11.7 Å². The van der Waals surface area contributed by atoms with Gasteiger partial charge in [-0.3, -0.25) is 0 Å². The summed E-state index contributed by atoms with van der Waals surface area (Å²) in [6.45, 7) is 3.72. The van der Waals surface area contributed by atoms with Crippen molar-refractivity contribution in [2.75, 3.05) is 0 Å². The minimum atomic E-state index is 0.117. The molecule has 2 unspecified atom stereocenters. The molecule has 0 bridgehead atoms. The number of nitrogens with zero attached hydrogens (tertiary/aromatic N) is 2. The van der Waals surface area contributed by atoms with Gasteiger partial charge in [0.1, 0.15) is 5.75 Å². The van der Waals surface area contributed by atoms with Crippen molar-refractivity contribution >= 4 is 0 Å². The van der Waals surface area contributed by atoms with Crippen LogP contribution in [0.5, 0.6) is 5.75 Å². The smallest absolute Gasteiger partial charge is 0.231 e. The van der Waals surface area contributed by atoms with Gasteiger partial charge in [-0.05, 0) is 49.9 Å². The number of aryl methyl sites for hydroxylation is 2. The number of hydrogen-bond acceptors (Lipinski definition) is 5. The van der Waals surface area contributed by atoms with Crippen LogP contribution in [0.3, 0.4) is 0 Å². The molecule has 0 aliphatic heterocycles. The van der Waals surface area contributed by atoms with Gasteiger partial charge in [-0.15, -0.1) is 0 Å². The number of benzene rings is 1. The van der Waals surface area contributed by atoms with Crippen molar-refractivity contribution in [2.24, 2.45) is 5.73 Å². The molecule has 3 N–H and O–H groups in total. The number of phenolic OH excluding ortho intramolecular Hbond substituents is 1. The van der Waals surface area contributed by atoms with Crippen LogP contribution >= 0.6 is 0 Å². The van der Waals surface area contributed by atoms with Crippen LogP contribution in [0.2, 0.25) is 0 Å². The summed E-state index contributed by atoms with van der Waals surface area (Å²) in [7, 11) is 0. The summed E-state index contributed by atoms with van der Waals surface area (Å²) in [6, 6.07) is 3.85. The summed E-state index contributed by atoms with van der Waals surface area (Å²) in [5.41, 5.74) is 8.55. The van der Waals surface area contributed by atoms with E-state index < -0.39 is 0 Å². The van der Waals surface area contributed by atoms with E-state index in [0.29, 0.717) is 17.5 Å². The first-order valence-corrected chi connectivity index (χ1v) is 6.96. The third-order valence-electron chi connectivity index (χ3n) is 4.08.